The number of carbonyl (C=O) groups excluding carboxylic acids is 1. The molecule has 27 heavy (non-hydrogen) atoms. The van der Waals surface area contributed by atoms with E-state index in [1.807, 2.05) is 6.92 Å². The van der Waals surface area contributed by atoms with Gasteiger partial charge in [-0.1, -0.05) is 25.4 Å². The number of benzene rings is 1. The zero-order valence-electron chi connectivity index (χ0n) is 17.0. The number of methoxy groups -OCH3 is 1. The third-order valence-electron chi connectivity index (χ3n) is 5.03. The van der Waals surface area contributed by atoms with Crippen molar-refractivity contribution >= 4 is 17.5 Å². The van der Waals surface area contributed by atoms with Gasteiger partial charge in [0, 0.05) is 44.3 Å². The Balaban J connectivity index is 2.06. The molecule has 7 heteroatoms. The molecule has 1 N–H and O–H groups in total. The molecule has 1 aromatic carbocycles. The van der Waals surface area contributed by atoms with E-state index < -0.39 is 0 Å². The summed E-state index contributed by atoms with van der Waals surface area (Å²) < 4.78 is 10.8. The van der Waals surface area contributed by atoms with E-state index in [4.69, 9.17) is 21.1 Å². The summed E-state index contributed by atoms with van der Waals surface area (Å²) in [7, 11) is 3.69. The first-order chi connectivity index (χ1) is 12.9. The van der Waals surface area contributed by atoms with Gasteiger partial charge < -0.3 is 19.7 Å². The maximum atomic E-state index is 12.7. The van der Waals surface area contributed by atoms with E-state index in [0.717, 1.165) is 26.2 Å². The lowest BCUT2D eigenvalue weighted by Crippen LogP contribution is -2.54. The lowest BCUT2D eigenvalue weighted by atomic mass is 10.0. The molecule has 1 unspecified atom stereocenters. The van der Waals surface area contributed by atoms with Gasteiger partial charge in [0.1, 0.15) is 0 Å². The number of rotatable bonds is 8. The van der Waals surface area contributed by atoms with Gasteiger partial charge >= 0.3 is 0 Å². The predicted molar refractivity (Wildman–Crippen MR) is 109 cm³/mol. The summed E-state index contributed by atoms with van der Waals surface area (Å²) in [5, 5.41) is 3.45. The highest BCUT2D eigenvalue weighted by molar-refractivity contribution is 6.32. The molecule has 1 heterocycles. The van der Waals surface area contributed by atoms with Crippen LogP contribution in [0.3, 0.4) is 0 Å². The zero-order chi connectivity index (χ0) is 20.0. The lowest BCUT2D eigenvalue weighted by molar-refractivity contribution is 0.0790. The number of ether oxygens (including phenoxy) is 2. The van der Waals surface area contributed by atoms with Crippen molar-refractivity contribution in [3.8, 4) is 11.5 Å². The van der Waals surface area contributed by atoms with Crippen LogP contribution >= 0.6 is 11.6 Å². The van der Waals surface area contributed by atoms with Gasteiger partial charge in [-0.15, -0.1) is 0 Å². The minimum atomic E-state index is -0.155. The number of carbonyl (C=O) groups is 1. The van der Waals surface area contributed by atoms with Gasteiger partial charge in [-0.25, -0.2) is 0 Å². The molecule has 1 saturated heterocycles. The van der Waals surface area contributed by atoms with Crippen LogP contribution in [-0.2, 0) is 0 Å². The molecule has 0 bridgehead atoms. The van der Waals surface area contributed by atoms with E-state index in [1.54, 1.807) is 12.1 Å². The smallest absolute Gasteiger partial charge is 0.251 e. The Morgan fingerprint density at radius 1 is 1.26 bits per heavy atom. The Hall–Kier alpha value is -1.50. The van der Waals surface area contributed by atoms with Gasteiger partial charge in [-0.3, -0.25) is 9.69 Å². The van der Waals surface area contributed by atoms with Crippen LogP contribution in [0.2, 0.25) is 5.02 Å². The highest BCUT2D eigenvalue weighted by Gasteiger charge is 2.25. The molecule has 1 aromatic rings. The van der Waals surface area contributed by atoms with Crippen LogP contribution in [0.5, 0.6) is 11.5 Å². The molecule has 1 aliphatic heterocycles. The van der Waals surface area contributed by atoms with Gasteiger partial charge in [0.15, 0.2) is 11.5 Å². The van der Waals surface area contributed by atoms with Crippen LogP contribution in [0.1, 0.15) is 31.1 Å². The molecule has 1 aliphatic rings. The molecule has 0 aromatic heterocycles. The Morgan fingerprint density at radius 2 is 1.93 bits per heavy atom. The van der Waals surface area contributed by atoms with Gasteiger partial charge in [0.2, 0.25) is 0 Å². The number of likely N-dealkylation sites (N-methyl/N-ethyl adjacent to an activating group) is 1. The largest absolute Gasteiger partial charge is 0.493 e. The van der Waals surface area contributed by atoms with Gasteiger partial charge in [0.25, 0.3) is 5.91 Å². The van der Waals surface area contributed by atoms with Crippen molar-refractivity contribution in [1.29, 1.82) is 0 Å². The average Bonchev–Trinajstić information content (AvgIpc) is 2.64. The van der Waals surface area contributed by atoms with Crippen molar-refractivity contribution in [2.45, 2.75) is 26.8 Å². The normalized spacial score (nSPS) is 17.0. The summed E-state index contributed by atoms with van der Waals surface area (Å²) >= 11 is 6.29. The van der Waals surface area contributed by atoms with E-state index in [2.05, 4.69) is 36.0 Å². The highest BCUT2D eigenvalue weighted by atomic mass is 35.5. The summed E-state index contributed by atoms with van der Waals surface area (Å²) in [6, 6.07) is 3.61. The number of nitrogens with zero attached hydrogens (tertiary/aromatic N) is 2. The van der Waals surface area contributed by atoms with Crippen LogP contribution in [0, 0.1) is 5.92 Å². The first-order valence-electron chi connectivity index (χ1n) is 9.58. The van der Waals surface area contributed by atoms with E-state index in [9.17, 15) is 4.79 Å². The lowest BCUT2D eigenvalue weighted by Gasteiger charge is -2.39. The Morgan fingerprint density at radius 3 is 2.48 bits per heavy atom. The van der Waals surface area contributed by atoms with Crippen LogP contribution in [0.4, 0.5) is 0 Å². The van der Waals surface area contributed by atoms with Crippen molar-refractivity contribution in [2.75, 3.05) is 53.5 Å². The molecule has 1 atom stereocenters. The monoisotopic (exact) mass is 397 g/mol. The fourth-order valence-corrected chi connectivity index (χ4v) is 3.64. The minimum Gasteiger partial charge on any atom is -0.493 e. The Labute approximate surface area is 167 Å². The summed E-state index contributed by atoms with van der Waals surface area (Å²) in [4.78, 5) is 17.5. The quantitative estimate of drug-likeness (QED) is 0.731. The summed E-state index contributed by atoms with van der Waals surface area (Å²) in [6.07, 6.45) is 0. The zero-order valence-corrected chi connectivity index (χ0v) is 17.8. The van der Waals surface area contributed by atoms with Crippen molar-refractivity contribution in [1.82, 2.24) is 15.1 Å². The first kappa shape index (κ1) is 21.8. The second-order valence-corrected chi connectivity index (χ2v) is 7.69. The van der Waals surface area contributed by atoms with Crippen molar-refractivity contribution in [3.05, 3.63) is 22.7 Å². The second kappa shape index (κ2) is 10.2. The Kier molecular flexibility index (Phi) is 8.20. The third-order valence-corrected chi connectivity index (χ3v) is 5.31. The fourth-order valence-electron chi connectivity index (χ4n) is 3.37. The first-order valence-corrected chi connectivity index (χ1v) is 9.96. The van der Waals surface area contributed by atoms with Crippen LogP contribution < -0.4 is 14.8 Å². The number of hydrogen-bond donors (Lipinski definition) is 1. The standard InChI is InChI=1S/C20H32ClN3O3/c1-6-27-19-16(21)11-15(12-18(19)26-5)20(25)22-13-17(14(2)3)24-9-7-23(4)8-10-24/h11-12,14,17H,6-10,13H2,1-5H3,(H,22,25). The molecular weight excluding hydrogens is 366 g/mol. The molecule has 0 spiro atoms. The van der Waals surface area contributed by atoms with Crippen LogP contribution in [-0.4, -0.2) is 75.2 Å². The van der Waals surface area contributed by atoms with E-state index in [-0.39, 0.29) is 5.91 Å². The fraction of sp³-hybridized carbons (Fsp3) is 0.650. The number of hydrogen-bond acceptors (Lipinski definition) is 5. The third kappa shape index (κ3) is 5.74. The number of halogens is 1. The van der Waals surface area contributed by atoms with Crippen LogP contribution in [0.15, 0.2) is 12.1 Å². The van der Waals surface area contributed by atoms with Crippen molar-refractivity contribution in [2.24, 2.45) is 5.92 Å². The molecular formula is C20H32ClN3O3. The Bertz CT molecular complexity index is 631. The van der Waals surface area contributed by atoms with Gasteiger partial charge in [-0.2, -0.15) is 0 Å². The maximum Gasteiger partial charge on any atom is 0.251 e. The molecule has 0 saturated carbocycles. The van der Waals surface area contributed by atoms with Crippen LogP contribution in [0.25, 0.3) is 0 Å². The number of piperazine rings is 1. The number of nitrogens with one attached hydrogen (secondary N) is 1. The van der Waals surface area contributed by atoms with E-state index in [1.165, 1.54) is 7.11 Å². The van der Waals surface area contributed by atoms with Crippen molar-refractivity contribution < 1.29 is 14.3 Å². The summed E-state index contributed by atoms with van der Waals surface area (Å²) in [5.74, 6) is 1.23. The van der Waals surface area contributed by atoms with Crippen molar-refractivity contribution in [3.63, 3.8) is 0 Å². The van der Waals surface area contributed by atoms with Gasteiger partial charge in [-0.05, 0) is 32.0 Å². The molecule has 0 aliphatic carbocycles. The molecule has 0 radical (unpaired) electrons. The highest BCUT2D eigenvalue weighted by Crippen LogP contribution is 2.36. The minimum absolute atomic E-state index is 0.155. The summed E-state index contributed by atoms with van der Waals surface area (Å²) in [6.45, 7) is 11.5. The SMILES string of the molecule is CCOc1c(Cl)cc(C(=O)NCC(C(C)C)N2CCN(C)CC2)cc1OC. The molecule has 152 valence electrons. The average molecular weight is 398 g/mol. The molecule has 1 fully saturated rings. The van der Waals surface area contributed by atoms with Gasteiger partial charge in [0.05, 0.1) is 18.7 Å². The predicted octanol–water partition coefficient (Wildman–Crippen LogP) is 2.75. The van der Waals surface area contributed by atoms with E-state index in [0.29, 0.717) is 47.2 Å². The summed E-state index contributed by atoms with van der Waals surface area (Å²) in [5.41, 5.74) is 0.473. The molecule has 1 amide bonds. The second-order valence-electron chi connectivity index (χ2n) is 7.28. The maximum absolute atomic E-state index is 12.7. The molecule has 2 rings (SSSR count). The molecule has 6 nitrogen and oxygen atoms in total. The number of amides is 1. The topological polar surface area (TPSA) is 54.0 Å². The van der Waals surface area contributed by atoms with E-state index >= 15 is 0 Å².